The first-order chi connectivity index (χ1) is 6.31. The van der Waals surface area contributed by atoms with Crippen molar-refractivity contribution in [2.24, 2.45) is 5.73 Å². The third-order valence-corrected chi connectivity index (χ3v) is 1.65. The molecule has 0 saturated carbocycles. The van der Waals surface area contributed by atoms with E-state index in [0.29, 0.717) is 25.9 Å². The van der Waals surface area contributed by atoms with Crippen LogP contribution in [0.25, 0.3) is 0 Å². The highest BCUT2D eigenvalue weighted by molar-refractivity contribution is 5.75. The Balaban J connectivity index is 3.16. The lowest BCUT2D eigenvalue weighted by atomic mass is 10.2. The summed E-state index contributed by atoms with van der Waals surface area (Å²) in [5.74, 6) is 0.0615. The van der Waals surface area contributed by atoms with Crippen molar-refractivity contribution in [3.8, 4) is 6.07 Å². The minimum absolute atomic E-state index is 0.0615. The second-order valence-electron chi connectivity index (χ2n) is 2.86. The molecule has 0 radical (unpaired) electrons. The lowest BCUT2D eigenvalue weighted by molar-refractivity contribution is -0.121. The first-order valence-electron chi connectivity index (χ1n) is 4.65. The summed E-state index contributed by atoms with van der Waals surface area (Å²) in [6.45, 7) is 1.25. The summed E-state index contributed by atoms with van der Waals surface area (Å²) in [5.41, 5.74) is 5.29. The van der Waals surface area contributed by atoms with Gasteiger partial charge >= 0.3 is 0 Å². The molecule has 1 amide bonds. The molecule has 4 nitrogen and oxygen atoms in total. The Kier molecular flexibility index (Phi) is 8.26. The van der Waals surface area contributed by atoms with Crippen LogP contribution in [-0.4, -0.2) is 19.0 Å². The van der Waals surface area contributed by atoms with E-state index in [-0.39, 0.29) is 5.91 Å². The molecular weight excluding hydrogens is 166 g/mol. The highest BCUT2D eigenvalue weighted by Gasteiger charge is 1.98. The molecule has 0 aromatic rings. The molecule has 13 heavy (non-hydrogen) atoms. The Bertz CT molecular complexity index is 174. The van der Waals surface area contributed by atoms with Crippen LogP contribution in [-0.2, 0) is 4.79 Å². The minimum atomic E-state index is 0.0615. The third kappa shape index (κ3) is 8.83. The number of nitriles is 1. The summed E-state index contributed by atoms with van der Waals surface area (Å²) >= 11 is 0. The van der Waals surface area contributed by atoms with Crippen LogP contribution >= 0.6 is 0 Å². The molecule has 0 aromatic heterocycles. The van der Waals surface area contributed by atoms with Crippen LogP contribution in [0.4, 0.5) is 0 Å². The maximum atomic E-state index is 11.0. The zero-order valence-electron chi connectivity index (χ0n) is 7.88. The predicted molar refractivity (Wildman–Crippen MR) is 50.8 cm³/mol. The predicted octanol–water partition coefficient (Wildman–Crippen LogP) is 0.535. The van der Waals surface area contributed by atoms with Gasteiger partial charge in [0.15, 0.2) is 0 Å². The molecule has 3 N–H and O–H groups in total. The third-order valence-electron chi connectivity index (χ3n) is 1.65. The molecule has 0 aliphatic rings. The lowest BCUT2D eigenvalue weighted by Crippen LogP contribution is -2.24. The maximum absolute atomic E-state index is 11.0. The van der Waals surface area contributed by atoms with Crippen molar-refractivity contribution >= 4 is 5.91 Å². The Morgan fingerprint density at radius 2 is 2.15 bits per heavy atom. The van der Waals surface area contributed by atoms with Crippen LogP contribution in [0, 0.1) is 11.3 Å². The van der Waals surface area contributed by atoms with Gasteiger partial charge in [-0.3, -0.25) is 4.79 Å². The fourth-order valence-electron chi connectivity index (χ4n) is 0.914. The van der Waals surface area contributed by atoms with Crippen LogP contribution in [0.15, 0.2) is 0 Å². The van der Waals surface area contributed by atoms with Gasteiger partial charge in [0, 0.05) is 19.4 Å². The zero-order chi connectivity index (χ0) is 9.94. The number of amides is 1. The molecule has 0 atom stereocenters. The summed E-state index contributed by atoms with van der Waals surface area (Å²) in [5, 5.41) is 11.0. The highest BCUT2D eigenvalue weighted by atomic mass is 16.1. The van der Waals surface area contributed by atoms with Gasteiger partial charge in [-0.2, -0.15) is 5.26 Å². The van der Waals surface area contributed by atoms with E-state index in [0.717, 1.165) is 19.3 Å². The van der Waals surface area contributed by atoms with Gasteiger partial charge in [-0.15, -0.1) is 0 Å². The van der Waals surface area contributed by atoms with Crippen molar-refractivity contribution in [1.29, 1.82) is 5.26 Å². The smallest absolute Gasteiger partial charge is 0.219 e. The summed E-state index contributed by atoms with van der Waals surface area (Å²) in [4.78, 5) is 11.0. The lowest BCUT2D eigenvalue weighted by Gasteiger charge is -2.02. The van der Waals surface area contributed by atoms with Crippen LogP contribution < -0.4 is 11.1 Å². The van der Waals surface area contributed by atoms with Crippen LogP contribution in [0.3, 0.4) is 0 Å². The number of carbonyl (C=O) groups is 1. The van der Waals surface area contributed by atoms with Gasteiger partial charge in [0.1, 0.15) is 0 Å². The van der Waals surface area contributed by atoms with E-state index < -0.39 is 0 Å². The standard InChI is InChI=1S/C9H17N3O/c10-6-2-1-5-9(13)12-8-4-3-7-11/h1-6,8,10H2,(H,12,13). The van der Waals surface area contributed by atoms with E-state index in [1.54, 1.807) is 0 Å². The van der Waals surface area contributed by atoms with Gasteiger partial charge < -0.3 is 11.1 Å². The van der Waals surface area contributed by atoms with E-state index in [4.69, 9.17) is 11.0 Å². The van der Waals surface area contributed by atoms with Crippen LogP contribution in [0.5, 0.6) is 0 Å². The molecule has 0 fully saturated rings. The van der Waals surface area contributed by atoms with Gasteiger partial charge in [-0.05, 0) is 25.8 Å². The fourth-order valence-corrected chi connectivity index (χ4v) is 0.914. The first-order valence-corrected chi connectivity index (χ1v) is 4.65. The number of nitrogens with two attached hydrogens (primary N) is 1. The van der Waals surface area contributed by atoms with Crippen molar-refractivity contribution in [3.05, 3.63) is 0 Å². The summed E-state index contributed by atoms with van der Waals surface area (Å²) < 4.78 is 0. The monoisotopic (exact) mass is 183 g/mol. The number of carbonyl (C=O) groups excluding carboxylic acids is 1. The molecular formula is C9H17N3O. The number of rotatable bonds is 7. The molecule has 0 saturated heterocycles. The Labute approximate surface area is 79.1 Å². The van der Waals surface area contributed by atoms with E-state index in [1.165, 1.54) is 0 Å². The molecule has 0 aromatic carbocycles. The Hall–Kier alpha value is -1.08. The van der Waals surface area contributed by atoms with Crippen molar-refractivity contribution in [1.82, 2.24) is 5.32 Å². The second-order valence-corrected chi connectivity index (χ2v) is 2.86. The minimum Gasteiger partial charge on any atom is -0.356 e. The molecule has 74 valence electrons. The summed E-state index contributed by atoms with van der Waals surface area (Å²) in [6, 6.07) is 2.03. The van der Waals surface area contributed by atoms with Crippen LogP contribution in [0.2, 0.25) is 0 Å². The Morgan fingerprint density at radius 3 is 2.77 bits per heavy atom. The SMILES string of the molecule is N#CCCCNC(=O)CCCCN. The molecule has 0 aliphatic heterocycles. The van der Waals surface area contributed by atoms with E-state index >= 15 is 0 Å². The molecule has 0 rings (SSSR count). The topological polar surface area (TPSA) is 78.9 Å². The van der Waals surface area contributed by atoms with Crippen LogP contribution in [0.1, 0.15) is 32.1 Å². The number of nitrogens with one attached hydrogen (secondary N) is 1. The molecule has 0 bridgehead atoms. The van der Waals surface area contributed by atoms with Crippen molar-refractivity contribution in [2.75, 3.05) is 13.1 Å². The van der Waals surface area contributed by atoms with Gasteiger partial charge in [0.25, 0.3) is 0 Å². The van der Waals surface area contributed by atoms with Gasteiger partial charge in [-0.1, -0.05) is 0 Å². The molecule has 0 spiro atoms. The number of hydrogen-bond donors (Lipinski definition) is 2. The van der Waals surface area contributed by atoms with Crippen molar-refractivity contribution < 1.29 is 4.79 Å². The highest BCUT2D eigenvalue weighted by Crippen LogP contribution is 1.93. The quantitative estimate of drug-likeness (QED) is 0.565. The van der Waals surface area contributed by atoms with Crippen molar-refractivity contribution in [3.63, 3.8) is 0 Å². The number of nitrogens with zero attached hydrogens (tertiary/aromatic N) is 1. The van der Waals surface area contributed by atoms with Gasteiger partial charge in [-0.25, -0.2) is 0 Å². The van der Waals surface area contributed by atoms with E-state index in [2.05, 4.69) is 5.32 Å². The maximum Gasteiger partial charge on any atom is 0.219 e. The normalized spacial score (nSPS) is 9.23. The largest absolute Gasteiger partial charge is 0.356 e. The average Bonchev–Trinajstić information content (AvgIpc) is 2.13. The van der Waals surface area contributed by atoms with E-state index in [9.17, 15) is 4.79 Å². The second kappa shape index (κ2) is 9.01. The van der Waals surface area contributed by atoms with Gasteiger partial charge in [0.05, 0.1) is 6.07 Å². The summed E-state index contributed by atoms with van der Waals surface area (Å²) in [7, 11) is 0. The van der Waals surface area contributed by atoms with Crippen molar-refractivity contribution in [2.45, 2.75) is 32.1 Å². The molecule has 0 heterocycles. The number of hydrogen-bond acceptors (Lipinski definition) is 3. The Morgan fingerprint density at radius 1 is 1.38 bits per heavy atom. The fraction of sp³-hybridized carbons (Fsp3) is 0.778. The molecule has 4 heteroatoms. The zero-order valence-corrected chi connectivity index (χ0v) is 7.88. The first kappa shape index (κ1) is 11.9. The molecule has 0 aliphatic carbocycles. The molecule has 0 unspecified atom stereocenters. The average molecular weight is 183 g/mol. The number of unbranched alkanes of at least 4 members (excludes halogenated alkanes) is 2. The van der Waals surface area contributed by atoms with E-state index in [1.807, 2.05) is 6.07 Å². The summed E-state index contributed by atoms with van der Waals surface area (Å²) in [6.07, 6.45) is 3.53. The van der Waals surface area contributed by atoms with Gasteiger partial charge in [0.2, 0.25) is 5.91 Å².